The number of aryl methyl sites for hydroxylation is 1. The molecule has 0 radical (unpaired) electrons. The molecule has 2 N–H and O–H groups in total. The van der Waals surface area contributed by atoms with Crippen molar-refractivity contribution in [3.63, 3.8) is 0 Å². The molecule has 1 heterocycles. The Morgan fingerprint density at radius 2 is 2.09 bits per heavy atom. The molecule has 1 aliphatic rings. The fraction of sp³-hybridized carbons (Fsp3) is 0.412. The van der Waals surface area contributed by atoms with Gasteiger partial charge in [0.2, 0.25) is 0 Å². The van der Waals surface area contributed by atoms with Gasteiger partial charge in [0, 0.05) is 36.5 Å². The fourth-order valence-corrected chi connectivity index (χ4v) is 2.83. The van der Waals surface area contributed by atoms with Crippen LogP contribution in [0.4, 0.5) is 0 Å². The molecule has 0 atom stereocenters. The summed E-state index contributed by atoms with van der Waals surface area (Å²) < 4.78 is 1.94. The molecule has 1 aromatic carbocycles. The topological polar surface area (TPSA) is 67.2 Å². The van der Waals surface area contributed by atoms with E-state index in [-0.39, 0.29) is 5.92 Å². The number of nitrogens with one attached hydrogen (secondary N) is 1. The molecule has 3 rings (SSSR count). The highest BCUT2D eigenvalue weighted by Crippen LogP contribution is 2.28. The Hall–Kier alpha value is -2.14. The number of carboxylic acids is 1. The minimum absolute atomic E-state index is 0.176. The molecular formula is C17H21N3O2. The first kappa shape index (κ1) is 14.8. The third kappa shape index (κ3) is 3.04. The SMILES string of the molecule is CCn1cc(CNC2CC(C(=O)O)C2)c(-c2ccccc2)n1. The van der Waals surface area contributed by atoms with Crippen LogP contribution in [0.5, 0.6) is 0 Å². The Labute approximate surface area is 130 Å². The van der Waals surface area contributed by atoms with E-state index in [4.69, 9.17) is 5.11 Å². The highest BCUT2D eigenvalue weighted by Gasteiger charge is 2.34. The molecule has 1 fully saturated rings. The number of nitrogens with zero attached hydrogens (tertiary/aromatic N) is 2. The van der Waals surface area contributed by atoms with E-state index >= 15 is 0 Å². The zero-order chi connectivity index (χ0) is 15.5. The maximum absolute atomic E-state index is 10.8. The van der Waals surface area contributed by atoms with Gasteiger partial charge in [-0.2, -0.15) is 5.10 Å². The second kappa shape index (κ2) is 6.32. The summed E-state index contributed by atoms with van der Waals surface area (Å²) in [6.45, 7) is 3.63. The van der Waals surface area contributed by atoms with E-state index in [1.54, 1.807) is 0 Å². The largest absolute Gasteiger partial charge is 0.481 e. The van der Waals surface area contributed by atoms with Gasteiger partial charge in [-0.3, -0.25) is 9.48 Å². The van der Waals surface area contributed by atoms with Crippen LogP contribution in [0.3, 0.4) is 0 Å². The molecule has 5 heteroatoms. The molecular weight excluding hydrogens is 278 g/mol. The quantitative estimate of drug-likeness (QED) is 0.860. The fourth-order valence-electron chi connectivity index (χ4n) is 2.83. The first-order valence-electron chi connectivity index (χ1n) is 7.75. The minimum Gasteiger partial charge on any atom is -0.481 e. The molecule has 116 valence electrons. The Kier molecular flexibility index (Phi) is 4.24. The lowest BCUT2D eigenvalue weighted by Gasteiger charge is -2.33. The first-order valence-corrected chi connectivity index (χ1v) is 7.75. The standard InChI is InChI=1S/C17H21N3O2/c1-2-20-11-14(10-18-15-8-13(9-15)17(21)22)16(19-20)12-6-4-3-5-7-12/h3-7,11,13,15,18H,2,8-10H2,1H3,(H,21,22). The number of carbonyl (C=O) groups is 1. The summed E-state index contributed by atoms with van der Waals surface area (Å²) in [7, 11) is 0. The monoisotopic (exact) mass is 299 g/mol. The van der Waals surface area contributed by atoms with E-state index < -0.39 is 5.97 Å². The predicted octanol–water partition coefficient (Wildman–Crippen LogP) is 2.52. The number of benzene rings is 1. The van der Waals surface area contributed by atoms with Crippen LogP contribution in [0.1, 0.15) is 25.3 Å². The van der Waals surface area contributed by atoms with Gasteiger partial charge in [-0.25, -0.2) is 0 Å². The van der Waals surface area contributed by atoms with Crippen molar-refractivity contribution in [1.29, 1.82) is 0 Å². The van der Waals surface area contributed by atoms with E-state index in [0.29, 0.717) is 6.04 Å². The number of hydrogen-bond acceptors (Lipinski definition) is 3. The van der Waals surface area contributed by atoms with E-state index in [9.17, 15) is 4.79 Å². The van der Waals surface area contributed by atoms with Crippen LogP contribution < -0.4 is 5.32 Å². The molecule has 0 aliphatic heterocycles. The summed E-state index contributed by atoms with van der Waals surface area (Å²) in [5, 5.41) is 17.0. The van der Waals surface area contributed by atoms with Gasteiger partial charge >= 0.3 is 5.97 Å². The van der Waals surface area contributed by atoms with Crippen molar-refractivity contribution in [2.45, 2.75) is 38.9 Å². The van der Waals surface area contributed by atoms with Crippen molar-refractivity contribution >= 4 is 5.97 Å². The highest BCUT2D eigenvalue weighted by molar-refractivity contribution is 5.71. The molecule has 0 unspecified atom stereocenters. The van der Waals surface area contributed by atoms with Gasteiger partial charge in [0.1, 0.15) is 0 Å². The molecule has 0 amide bonds. The summed E-state index contributed by atoms with van der Waals surface area (Å²) in [6.07, 6.45) is 3.51. The molecule has 0 saturated heterocycles. The van der Waals surface area contributed by atoms with E-state index in [2.05, 4.69) is 35.7 Å². The molecule has 0 bridgehead atoms. The van der Waals surface area contributed by atoms with Gasteiger partial charge in [0.25, 0.3) is 0 Å². The number of hydrogen-bond donors (Lipinski definition) is 2. The van der Waals surface area contributed by atoms with E-state index in [1.807, 2.05) is 22.9 Å². The maximum Gasteiger partial charge on any atom is 0.306 e. The lowest BCUT2D eigenvalue weighted by atomic mass is 9.80. The van der Waals surface area contributed by atoms with Crippen LogP contribution in [0.2, 0.25) is 0 Å². The molecule has 5 nitrogen and oxygen atoms in total. The summed E-state index contributed by atoms with van der Waals surface area (Å²) in [5.74, 6) is -0.855. The van der Waals surface area contributed by atoms with Crippen molar-refractivity contribution in [2.75, 3.05) is 0 Å². The number of aromatic nitrogens is 2. The van der Waals surface area contributed by atoms with Crippen molar-refractivity contribution in [3.8, 4) is 11.3 Å². The van der Waals surface area contributed by atoms with Crippen molar-refractivity contribution in [3.05, 3.63) is 42.1 Å². The van der Waals surface area contributed by atoms with Crippen LogP contribution in [0.25, 0.3) is 11.3 Å². The zero-order valence-electron chi connectivity index (χ0n) is 12.7. The summed E-state index contributed by atoms with van der Waals surface area (Å²) in [5.41, 5.74) is 3.28. The summed E-state index contributed by atoms with van der Waals surface area (Å²) in [4.78, 5) is 10.8. The van der Waals surface area contributed by atoms with Gasteiger partial charge in [-0.15, -0.1) is 0 Å². The lowest BCUT2D eigenvalue weighted by molar-refractivity contribution is -0.145. The second-order valence-corrected chi connectivity index (χ2v) is 5.81. The summed E-state index contributed by atoms with van der Waals surface area (Å²) >= 11 is 0. The molecule has 1 saturated carbocycles. The molecule has 1 aromatic heterocycles. The third-order valence-electron chi connectivity index (χ3n) is 4.28. The van der Waals surface area contributed by atoms with Crippen LogP contribution in [0.15, 0.2) is 36.5 Å². The number of aliphatic carboxylic acids is 1. The molecule has 2 aromatic rings. The minimum atomic E-state index is -0.679. The molecule has 22 heavy (non-hydrogen) atoms. The van der Waals surface area contributed by atoms with Crippen LogP contribution in [-0.4, -0.2) is 26.9 Å². The maximum atomic E-state index is 10.8. The Morgan fingerprint density at radius 1 is 1.36 bits per heavy atom. The van der Waals surface area contributed by atoms with E-state index in [1.165, 1.54) is 0 Å². The Morgan fingerprint density at radius 3 is 2.73 bits per heavy atom. The van der Waals surface area contributed by atoms with Crippen molar-refractivity contribution in [2.24, 2.45) is 5.92 Å². The molecule has 1 aliphatic carbocycles. The average molecular weight is 299 g/mol. The van der Waals surface area contributed by atoms with Gasteiger partial charge in [0.15, 0.2) is 0 Å². The van der Waals surface area contributed by atoms with Crippen molar-refractivity contribution in [1.82, 2.24) is 15.1 Å². The Bertz CT molecular complexity index is 645. The van der Waals surface area contributed by atoms with Crippen LogP contribution in [0, 0.1) is 5.92 Å². The lowest BCUT2D eigenvalue weighted by Crippen LogP contribution is -2.43. The summed E-state index contributed by atoms with van der Waals surface area (Å²) in [6, 6.07) is 10.5. The smallest absolute Gasteiger partial charge is 0.306 e. The number of carboxylic acid groups (broad SMARTS) is 1. The first-order chi connectivity index (χ1) is 10.7. The predicted molar refractivity (Wildman–Crippen MR) is 84.3 cm³/mol. The third-order valence-corrected chi connectivity index (χ3v) is 4.28. The van der Waals surface area contributed by atoms with Gasteiger partial charge in [-0.05, 0) is 19.8 Å². The second-order valence-electron chi connectivity index (χ2n) is 5.81. The Balaban J connectivity index is 1.68. The highest BCUT2D eigenvalue weighted by atomic mass is 16.4. The van der Waals surface area contributed by atoms with Gasteiger partial charge in [-0.1, -0.05) is 30.3 Å². The number of rotatable bonds is 6. The zero-order valence-corrected chi connectivity index (χ0v) is 12.7. The average Bonchev–Trinajstić information content (AvgIpc) is 2.89. The van der Waals surface area contributed by atoms with Crippen molar-refractivity contribution < 1.29 is 9.90 Å². The molecule has 0 spiro atoms. The van der Waals surface area contributed by atoms with Crippen LogP contribution in [-0.2, 0) is 17.9 Å². The van der Waals surface area contributed by atoms with Crippen LogP contribution >= 0.6 is 0 Å². The van der Waals surface area contributed by atoms with Gasteiger partial charge in [0.05, 0.1) is 11.6 Å². The van der Waals surface area contributed by atoms with Gasteiger partial charge < -0.3 is 10.4 Å². The van der Waals surface area contributed by atoms with E-state index in [0.717, 1.165) is 42.8 Å². The normalized spacial score (nSPS) is 20.6.